The van der Waals surface area contributed by atoms with Crippen molar-refractivity contribution in [2.24, 2.45) is 0 Å². The number of benzene rings is 1. The van der Waals surface area contributed by atoms with Crippen LogP contribution in [0.15, 0.2) is 18.2 Å². The SMILES string of the molecule is CCCC(C)Oc1ccc(CC(=O)O)c(O)c1. The molecule has 0 saturated heterocycles. The molecule has 0 amide bonds. The number of aromatic hydroxyl groups is 1. The number of phenolic OH excluding ortho intramolecular Hbond substituents is 1. The molecule has 94 valence electrons. The summed E-state index contributed by atoms with van der Waals surface area (Å²) in [5, 5.41) is 18.3. The molecule has 1 atom stereocenters. The molecule has 0 heterocycles. The molecule has 4 heteroatoms. The number of carboxylic acids is 1. The smallest absolute Gasteiger partial charge is 0.307 e. The van der Waals surface area contributed by atoms with Gasteiger partial charge in [0.05, 0.1) is 12.5 Å². The Labute approximate surface area is 101 Å². The van der Waals surface area contributed by atoms with Crippen LogP contribution in [-0.4, -0.2) is 22.3 Å². The van der Waals surface area contributed by atoms with E-state index < -0.39 is 5.97 Å². The molecule has 1 unspecified atom stereocenters. The van der Waals surface area contributed by atoms with Crippen molar-refractivity contribution in [3.63, 3.8) is 0 Å². The highest BCUT2D eigenvalue weighted by molar-refractivity contribution is 5.71. The van der Waals surface area contributed by atoms with Crippen LogP contribution in [-0.2, 0) is 11.2 Å². The molecule has 0 spiro atoms. The van der Waals surface area contributed by atoms with Crippen molar-refractivity contribution >= 4 is 5.97 Å². The van der Waals surface area contributed by atoms with Crippen LogP contribution >= 0.6 is 0 Å². The first-order valence-corrected chi connectivity index (χ1v) is 5.73. The summed E-state index contributed by atoms with van der Waals surface area (Å²) in [6, 6.07) is 4.73. The van der Waals surface area contributed by atoms with Crippen molar-refractivity contribution < 1.29 is 19.7 Å². The highest BCUT2D eigenvalue weighted by Crippen LogP contribution is 2.25. The van der Waals surface area contributed by atoms with Gasteiger partial charge in [-0.15, -0.1) is 0 Å². The summed E-state index contributed by atoms with van der Waals surface area (Å²) in [6.45, 7) is 4.04. The maximum atomic E-state index is 10.5. The minimum Gasteiger partial charge on any atom is -0.508 e. The summed E-state index contributed by atoms with van der Waals surface area (Å²) in [5.74, 6) is -0.431. The molecule has 0 aliphatic heterocycles. The largest absolute Gasteiger partial charge is 0.508 e. The number of hydrogen-bond donors (Lipinski definition) is 2. The van der Waals surface area contributed by atoms with Crippen molar-refractivity contribution in [2.45, 2.75) is 39.2 Å². The van der Waals surface area contributed by atoms with Crippen molar-refractivity contribution in [3.8, 4) is 11.5 Å². The Hall–Kier alpha value is -1.71. The Balaban J connectivity index is 2.71. The number of carbonyl (C=O) groups is 1. The molecule has 0 aromatic heterocycles. The molecular weight excluding hydrogens is 220 g/mol. The molecule has 0 fully saturated rings. The van der Waals surface area contributed by atoms with Gasteiger partial charge in [-0.3, -0.25) is 4.79 Å². The summed E-state index contributed by atoms with van der Waals surface area (Å²) >= 11 is 0. The Morgan fingerprint density at radius 2 is 2.18 bits per heavy atom. The standard InChI is InChI=1S/C13H18O4/c1-3-4-9(2)17-11-6-5-10(7-13(15)16)12(14)8-11/h5-6,8-9,14H,3-4,7H2,1-2H3,(H,15,16). The van der Waals surface area contributed by atoms with E-state index in [0.717, 1.165) is 12.8 Å². The van der Waals surface area contributed by atoms with Crippen LogP contribution in [0.25, 0.3) is 0 Å². The lowest BCUT2D eigenvalue weighted by atomic mass is 10.1. The zero-order valence-electron chi connectivity index (χ0n) is 10.1. The summed E-state index contributed by atoms with van der Waals surface area (Å²) in [4.78, 5) is 10.5. The Morgan fingerprint density at radius 3 is 2.71 bits per heavy atom. The van der Waals surface area contributed by atoms with E-state index in [1.807, 2.05) is 6.92 Å². The lowest BCUT2D eigenvalue weighted by Gasteiger charge is -2.14. The van der Waals surface area contributed by atoms with Crippen LogP contribution in [0.3, 0.4) is 0 Å². The average molecular weight is 238 g/mol. The van der Waals surface area contributed by atoms with E-state index >= 15 is 0 Å². The van der Waals surface area contributed by atoms with Crippen LogP contribution in [0.5, 0.6) is 11.5 Å². The van der Waals surface area contributed by atoms with E-state index in [-0.39, 0.29) is 18.3 Å². The average Bonchev–Trinajstić information content (AvgIpc) is 2.22. The number of aliphatic carboxylic acids is 1. The molecule has 0 aliphatic carbocycles. The molecular formula is C13H18O4. The third-order valence-electron chi connectivity index (χ3n) is 2.43. The van der Waals surface area contributed by atoms with E-state index in [0.29, 0.717) is 11.3 Å². The Bertz CT molecular complexity index is 387. The van der Waals surface area contributed by atoms with Gasteiger partial charge in [-0.1, -0.05) is 19.4 Å². The van der Waals surface area contributed by atoms with Crippen LogP contribution in [0, 0.1) is 0 Å². The van der Waals surface area contributed by atoms with Gasteiger partial charge in [0.25, 0.3) is 0 Å². The first-order chi connectivity index (χ1) is 8.02. The van der Waals surface area contributed by atoms with Gasteiger partial charge in [0, 0.05) is 11.6 Å². The van der Waals surface area contributed by atoms with Crippen LogP contribution in [0.4, 0.5) is 0 Å². The first kappa shape index (κ1) is 13.4. The summed E-state index contributed by atoms with van der Waals surface area (Å²) < 4.78 is 5.59. The fourth-order valence-electron chi connectivity index (χ4n) is 1.63. The van der Waals surface area contributed by atoms with Gasteiger partial charge in [0.15, 0.2) is 0 Å². The summed E-state index contributed by atoms with van der Waals surface area (Å²) in [7, 11) is 0. The van der Waals surface area contributed by atoms with Crippen molar-refractivity contribution in [1.29, 1.82) is 0 Å². The third-order valence-corrected chi connectivity index (χ3v) is 2.43. The quantitative estimate of drug-likeness (QED) is 0.799. The predicted octanol–water partition coefficient (Wildman–Crippen LogP) is 2.59. The highest BCUT2D eigenvalue weighted by atomic mass is 16.5. The lowest BCUT2D eigenvalue weighted by molar-refractivity contribution is -0.136. The van der Waals surface area contributed by atoms with E-state index in [4.69, 9.17) is 9.84 Å². The van der Waals surface area contributed by atoms with Crippen molar-refractivity contribution in [3.05, 3.63) is 23.8 Å². The van der Waals surface area contributed by atoms with Gasteiger partial charge in [0.1, 0.15) is 11.5 Å². The maximum absolute atomic E-state index is 10.5. The molecule has 1 aromatic rings. The van der Waals surface area contributed by atoms with E-state index in [1.54, 1.807) is 12.1 Å². The molecule has 0 bridgehead atoms. The monoisotopic (exact) mass is 238 g/mol. The fraction of sp³-hybridized carbons (Fsp3) is 0.462. The second-order valence-corrected chi connectivity index (χ2v) is 4.08. The zero-order valence-corrected chi connectivity index (χ0v) is 10.1. The van der Waals surface area contributed by atoms with Crippen LogP contribution in [0.1, 0.15) is 32.3 Å². The van der Waals surface area contributed by atoms with Crippen molar-refractivity contribution in [1.82, 2.24) is 0 Å². The second-order valence-electron chi connectivity index (χ2n) is 4.08. The zero-order chi connectivity index (χ0) is 12.8. The summed E-state index contributed by atoms with van der Waals surface area (Å²) in [5.41, 5.74) is 0.396. The normalized spacial score (nSPS) is 12.1. The van der Waals surface area contributed by atoms with Gasteiger partial charge in [-0.05, 0) is 19.4 Å². The molecule has 17 heavy (non-hydrogen) atoms. The minimum absolute atomic E-state index is 0.0337. The van der Waals surface area contributed by atoms with E-state index in [2.05, 4.69) is 6.92 Å². The molecule has 4 nitrogen and oxygen atoms in total. The molecule has 0 aliphatic rings. The second kappa shape index (κ2) is 6.13. The summed E-state index contributed by atoms with van der Waals surface area (Å²) in [6.07, 6.45) is 1.88. The molecule has 2 N–H and O–H groups in total. The topological polar surface area (TPSA) is 66.8 Å². The Morgan fingerprint density at radius 1 is 1.47 bits per heavy atom. The number of hydrogen-bond acceptors (Lipinski definition) is 3. The van der Waals surface area contributed by atoms with Gasteiger partial charge in [0.2, 0.25) is 0 Å². The minimum atomic E-state index is -0.965. The van der Waals surface area contributed by atoms with Gasteiger partial charge < -0.3 is 14.9 Å². The number of ether oxygens (including phenoxy) is 1. The fourth-order valence-corrected chi connectivity index (χ4v) is 1.63. The van der Waals surface area contributed by atoms with Crippen LogP contribution in [0.2, 0.25) is 0 Å². The van der Waals surface area contributed by atoms with Crippen LogP contribution < -0.4 is 4.74 Å². The lowest BCUT2D eigenvalue weighted by Crippen LogP contribution is -2.11. The number of carboxylic acid groups (broad SMARTS) is 1. The molecule has 1 aromatic carbocycles. The van der Waals surface area contributed by atoms with Crippen molar-refractivity contribution in [2.75, 3.05) is 0 Å². The van der Waals surface area contributed by atoms with Gasteiger partial charge in [-0.25, -0.2) is 0 Å². The predicted molar refractivity (Wildman–Crippen MR) is 64.4 cm³/mol. The number of rotatable bonds is 6. The maximum Gasteiger partial charge on any atom is 0.307 e. The number of phenols is 1. The van der Waals surface area contributed by atoms with Gasteiger partial charge >= 0.3 is 5.97 Å². The van der Waals surface area contributed by atoms with E-state index in [1.165, 1.54) is 6.07 Å². The molecule has 0 radical (unpaired) electrons. The molecule has 0 saturated carbocycles. The third kappa shape index (κ3) is 4.34. The van der Waals surface area contributed by atoms with Gasteiger partial charge in [-0.2, -0.15) is 0 Å². The Kier molecular flexibility index (Phi) is 4.82. The molecule has 1 rings (SSSR count). The van der Waals surface area contributed by atoms with E-state index in [9.17, 15) is 9.90 Å². The first-order valence-electron chi connectivity index (χ1n) is 5.73. The highest BCUT2D eigenvalue weighted by Gasteiger charge is 2.09.